The first-order valence-corrected chi connectivity index (χ1v) is 7.50. The van der Waals surface area contributed by atoms with Gasteiger partial charge in [-0.25, -0.2) is 0 Å². The van der Waals surface area contributed by atoms with Crippen LogP contribution in [-0.2, 0) is 16.0 Å². The van der Waals surface area contributed by atoms with Crippen LogP contribution in [0.1, 0.15) is 24.1 Å². The Balaban J connectivity index is 1.72. The Hall–Kier alpha value is -1.07. The first kappa shape index (κ1) is 14.3. The molecule has 1 aliphatic carbocycles. The summed E-state index contributed by atoms with van der Waals surface area (Å²) in [6, 6.07) is 3.80. The molecule has 1 saturated carbocycles. The van der Waals surface area contributed by atoms with Crippen molar-refractivity contribution in [2.45, 2.75) is 25.7 Å². The molecule has 4 nitrogen and oxygen atoms in total. The quantitative estimate of drug-likeness (QED) is 0.878. The van der Waals surface area contributed by atoms with Gasteiger partial charge in [0.2, 0.25) is 5.91 Å². The number of hydrogen-bond donors (Lipinski definition) is 2. The summed E-state index contributed by atoms with van der Waals surface area (Å²) in [5.74, 6) is -1.31. The van der Waals surface area contributed by atoms with Gasteiger partial charge < -0.3 is 10.4 Å². The van der Waals surface area contributed by atoms with Gasteiger partial charge in [-0.1, -0.05) is 11.6 Å². The Morgan fingerprint density at radius 1 is 1.37 bits per heavy atom. The molecule has 0 bridgehead atoms. The number of carbonyl (C=O) groups excluding carboxylic acids is 1. The van der Waals surface area contributed by atoms with Crippen molar-refractivity contribution in [2.24, 2.45) is 11.8 Å². The van der Waals surface area contributed by atoms with Crippen molar-refractivity contribution < 1.29 is 14.7 Å². The Labute approximate surface area is 120 Å². The highest BCUT2D eigenvalue weighted by atomic mass is 35.5. The fourth-order valence-electron chi connectivity index (χ4n) is 2.38. The number of carboxylic acids is 1. The highest BCUT2D eigenvalue weighted by Gasteiger charge is 2.33. The average Bonchev–Trinajstić information content (AvgIpc) is 2.98. The molecule has 2 N–H and O–H groups in total. The van der Waals surface area contributed by atoms with E-state index in [1.807, 2.05) is 12.1 Å². The van der Waals surface area contributed by atoms with Crippen molar-refractivity contribution in [3.05, 3.63) is 21.3 Å². The van der Waals surface area contributed by atoms with E-state index in [0.29, 0.717) is 25.8 Å². The van der Waals surface area contributed by atoms with Crippen LogP contribution in [-0.4, -0.2) is 23.5 Å². The lowest BCUT2D eigenvalue weighted by Gasteiger charge is -2.10. The summed E-state index contributed by atoms with van der Waals surface area (Å²) in [6.07, 6.45) is 2.51. The molecule has 0 aliphatic heterocycles. The van der Waals surface area contributed by atoms with Crippen molar-refractivity contribution >= 4 is 34.8 Å². The van der Waals surface area contributed by atoms with E-state index in [1.54, 1.807) is 0 Å². The van der Waals surface area contributed by atoms with Gasteiger partial charge in [0.25, 0.3) is 0 Å². The van der Waals surface area contributed by atoms with Gasteiger partial charge in [-0.3, -0.25) is 9.59 Å². The Bertz CT molecular complexity index is 474. The van der Waals surface area contributed by atoms with E-state index >= 15 is 0 Å². The molecule has 0 radical (unpaired) electrons. The minimum Gasteiger partial charge on any atom is -0.481 e. The molecule has 1 aliphatic rings. The fraction of sp³-hybridized carbons (Fsp3) is 0.538. The summed E-state index contributed by atoms with van der Waals surface area (Å²) in [7, 11) is 0. The first-order chi connectivity index (χ1) is 9.06. The maximum atomic E-state index is 11.9. The van der Waals surface area contributed by atoms with Crippen LogP contribution in [0.25, 0.3) is 0 Å². The lowest BCUT2D eigenvalue weighted by molar-refractivity contribution is -0.141. The van der Waals surface area contributed by atoms with Crippen LogP contribution in [0.3, 0.4) is 0 Å². The second kappa shape index (κ2) is 6.39. The number of halogens is 1. The van der Waals surface area contributed by atoms with Gasteiger partial charge >= 0.3 is 5.97 Å². The van der Waals surface area contributed by atoms with Gasteiger partial charge in [-0.05, 0) is 37.8 Å². The fourth-order valence-corrected chi connectivity index (χ4v) is 3.47. The molecule has 2 unspecified atom stereocenters. The summed E-state index contributed by atoms with van der Waals surface area (Å²) in [6.45, 7) is 0.573. The second-order valence-corrected chi connectivity index (χ2v) is 6.59. The van der Waals surface area contributed by atoms with E-state index < -0.39 is 5.97 Å². The Morgan fingerprint density at radius 2 is 2.11 bits per heavy atom. The molecule has 2 atom stereocenters. The molecule has 2 rings (SSSR count). The molecule has 1 aromatic heterocycles. The SMILES string of the molecule is O=C(O)C1CCC(C(=O)NCCc2ccc(Cl)s2)C1. The average molecular weight is 302 g/mol. The smallest absolute Gasteiger partial charge is 0.306 e. The number of carbonyl (C=O) groups is 2. The lowest BCUT2D eigenvalue weighted by atomic mass is 10.0. The van der Waals surface area contributed by atoms with Gasteiger partial charge in [-0.2, -0.15) is 0 Å². The van der Waals surface area contributed by atoms with Crippen LogP contribution in [0.2, 0.25) is 4.34 Å². The van der Waals surface area contributed by atoms with Gasteiger partial charge in [-0.15, -0.1) is 11.3 Å². The standard InChI is InChI=1S/C13H16ClNO3S/c14-11-4-3-10(19-11)5-6-15-12(16)8-1-2-9(7-8)13(17)18/h3-4,8-9H,1-2,5-7H2,(H,15,16)(H,17,18). The van der Waals surface area contributed by atoms with E-state index in [2.05, 4.69) is 5.32 Å². The topological polar surface area (TPSA) is 66.4 Å². The summed E-state index contributed by atoms with van der Waals surface area (Å²) in [5, 5.41) is 11.8. The number of thiophene rings is 1. The van der Waals surface area contributed by atoms with Gasteiger partial charge in [0.05, 0.1) is 10.3 Å². The molecular weight excluding hydrogens is 286 g/mol. The summed E-state index contributed by atoms with van der Waals surface area (Å²) < 4.78 is 0.751. The number of aliphatic carboxylic acids is 1. The minimum atomic E-state index is -0.788. The molecule has 1 fully saturated rings. The van der Waals surface area contributed by atoms with Crippen molar-refractivity contribution in [1.29, 1.82) is 0 Å². The van der Waals surface area contributed by atoms with Crippen LogP contribution in [0.4, 0.5) is 0 Å². The minimum absolute atomic E-state index is 0.0218. The predicted octanol–water partition coefficient (Wildman–Crippen LogP) is 2.56. The van der Waals surface area contributed by atoms with Crippen molar-refractivity contribution in [3.8, 4) is 0 Å². The first-order valence-electron chi connectivity index (χ1n) is 6.31. The van der Waals surface area contributed by atoms with Crippen LogP contribution in [0.15, 0.2) is 12.1 Å². The normalized spacial score (nSPS) is 22.4. The van der Waals surface area contributed by atoms with Gasteiger partial charge in [0, 0.05) is 17.3 Å². The molecule has 19 heavy (non-hydrogen) atoms. The van der Waals surface area contributed by atoms with Gasteiger partial charge in [0.1, 0.15) is 0 Å². The lowest BCUT2D eigenvalue weighted by Crippen LogP contribution is -2.31. The van der Waals surface area contributed by atoms with Crippen molar-refractivity contribution in [3.63, 3.8) is 0 Å². The Kier molecular flexibility index (Phi) is 4.82. The zero-order valence-electron chi connectivity index (χ0n) is 10.4. The third kappa shape index (κ3) is 3.94. The van der Waals surface area contributed by atoms with Crippen LogP contribution in [0.5, 0.6) is 0 Å². The van der Waals surface area contributed by atoms with E-state index in [0.717, 1.165) is 15.6 Å². The molecule has 0 aromatic carbocycles. The van der Waals surface area contributed by atoms with E-state index in [-0.39, 0.29) is 17.7 Å². The predicted molar refractivity (Wildman–Crippen MR) is 74.5 cm³/mol. The third-order valence-corrected chi connectivity index (χ3v) is 4.74. The molecular formula is C13H16ClNO3S. The number of nitrogens with one attached hydrogen (secondary N) is 1. The zero-order chi connectivity index (χ0) is 13.8. The second-order valence-electron chi connectivity index (χ2n) is 4.79. The summed E-state index contributed by atoms with van der Waals surface area (Å²) in [4.78, 5) is 23.8. The summed E-state index contributed by atoms with van der Waals surface area (Å²) >= 11 is 7.34. The maximum absolute atomic E-state index is 11.9. The van der Waals surface area contributed by atoms with Crippen LogP contribution in [0, 0.1) is 11.8 Å². The molecule has 0 spiro atoms. The van der Waals surface area contributed by atoms with Crippen molar-refractivity contribution in [2.75, 3.05) is 6.54 Å². The van der Waals surface area contributed by atoms with Crippen molar-refractivity contribution in [1.82, 2.24) is 5.32 Å². The summed E-state index contributed by atoms with van der Waals surface area (Å²) in [5.41, 5.74) is 0. The zero-order valence-corrected chi connectivity index (χ0v) is 12.0. The molecule has 0 saturated heterocycles. The largest absolute Gasteiger partial charge is 0.481 e. The number of carboxylic acid groups (broad SMARTS) is 1. The van der Waals surface area contributed by atoms with E-state index in [4.69, 9.17) is 16.7 Å². The van der Waals surface area contributed by atoms with E-state index in [9.17, 15) is 9.59 Å². The van der Waals surface area contributed by atoms with Gasteiger partial charge in [0.15, 0.2) is 0 Å². The maximum Gasteiger partial charge on any atom is 0.306 e. The number of rotatable bonds is 5. The molecule has 1 amide bonds. The number of hydrogen-bond acceptors (Lipinski definition) is 3. The number of amides is 1. The molecule has 104 valence electrons. The highest BCUT2D eigenvalue weighted by Crippen LogP contribution is 2.31. The molecule has 1 heterocycles. The Morgan fingerprint density at radius 3 is 2.68 bits per heavy atom. The van der Waals surface area contributed by atoms with Crippen LogP contribution < -0.4 is 5.32 Å². The molecule has 1 aromatic rings. The van der Waals surface area contributed by atoms with Crippen LogP contribution >= 0.6 is 22.9 Å². The van der Waals surface area contributed by atoms with E-state index in [1.165, 1.54) is 11.3 Å². The monoisotopic (exact) mass is 301 g/mol. The highest BCUT2D eigenvalue weighted by molar-refractivity contribution is 7.16. The third-order valence-electron chi connectivity index (χ3n) is 3.45. The molecule has 6 heteroatoms.